The van der Waals surface area contributed by atoms with E-state index in [0.717, 1.165) is 17.4 Å². The van der Waals surface area contributed by atoms with Crippen LogP contribution in [0.5, 0.6) is 6.01 Å². The fourth-order valence-corrected chi connectivity index (χ4v) is 1.83. The summed E-state index contributed by atoms with van der Waals surface area (Å²) < 4.78 is 11.1. The van der Waals surface area contributed by atoms with Crippen molar-refractivity contribution in [2.24, 2.45) is 0 Å². The number of anilines is 1. The highest BCUT2D eigenvalue weighted by molar-refractivity contribution is 5.81. The van der Waals surface area contributed by atoms with Gasteiger partial charge in [-0.05, 0) is 18.6 Å². The van der Waals surface area contributed by atoms with Crippen LogP contribution in [0, 0.1) is 0 Å². The smallest absolute Gasteiger partial charge is 0.321 e. The molecular formula is C14H14N4O2. The summed E-state index contributed by atoms with van der Waals surface area (Å²) in [6.07, 6.45) is 0.867. The first-order valence-electron chi connectivity index (χ1n) is 6.39. The second-order valence-electron chi connectivity index (χ2n) is 4.30. The molecule has 102 valence electrons. The predicted octanol–water partition coefficient (Wildman–Crippen LogP) is 2.66. The van der Waals surface area contributed by atoms with Gasteiger partial charge >= 0.3 is 6.01 Å². The van der Waals surface area contributed by atoms with E-state index in [2.05, 4.69) is 15.0 Å². The van der Waals surface area contributed by atoms with Crippen LogP contribution in [0.3, 0.4) is 0 Å². The van der Waals surface area contributed by atoms with Gasteiger partial charge in [0, 0.05) is 5.39 Å². The first kappa shape index (κ1) is 12.4. The van der Waals surface area contributed by atoms with Crippen molar-refractivity contribution >= 4 is 16.9 Å². The van der Waals surface area contributed by atoms with Crippen LogP contribution in [0.25, 0.3) is 22.6 Å². The number of furan rings is 1. The fourth-order valence-electron chi connectivity index (χ4n) is 1.83. The first-order valence-corrected chi connectivity index (χ1v) is 6.39. The third kappa shape index (κ3) is 2.40. The van der Waals surface area contributed by atoms with Crippen molar-refractivity contribution < 1.29 is 9.15 Å². The number of aromatic nitrogens is 3. The Bertz CT molecular complexity index is 706. The molecule has 1 aromatic carbocycles. The number of hydrogen-bond acceptors (Lipinski definition) is 6. The highest BCUT2D eigenvalue weighted by Crippen LogP contribution is 2.26. The average molecular weight is 270 g/mol. The van der Waals surface area contributed by atoms with Crippen molar-refractivity contribution in [3.63, 3.8) is 0 Å². The van der Waals surface area contributed by atoms with Crippen LogP contribution in [0.1, 0.15) is 13.3 Å². The zero-order valence-corrected chi connectivity index (χ0v) is 11.0. The first-order chi connectivity index (χ1) is 9.76. The van der Waals surface area contributed by atoms with Crippen molar-refractivity contribution in [2.45, 2.75) is 13.3 Å². The Balaban J connectivity index is 2.01. The van der Waals surface area contributed by atoms with E-state index in [4.69, 9.17) is 14.9 Å². The van der Waals surface area contributed by atoms with E-state index in [1.54, 1.807) is 0 Å². The molecule has 2 heterocycles. The second-order valence-corrected chi connectivity index (χ2v) is 4.30. The average Bonchev–Trinajstić information content (AvgIpc) is 2.88. The lowest BCUT2D eigenvalue weighted by Gasteiger charge is -2.03. The number of ether oxygens (including phenoxy) is 1. The number of fused-ring (bicyclic) bond motifs is 1. The minimum absolute atomic E-state index is 0.113. The van der Waals surface area contributed by atoms with Crippen molar-refractivity contribution in [3.05, 3.63) is 30.3 Å². The normalized spacial score (nSPS) is 10.8. The lowest BCUT2D eigenvalue weighted by Crippen LogP contribution is -2.05. The van der Waals surface area contributed by atoms with E-state index in [1.165, 1.54) is 0 Å². The molecule has 6 nitrogen and oxygen atoms in total. The molecule has 0 aliphatic carbocycles. The zero-order valence-electron chi connectivity index (χ0n) is 11.0. The SMILES string of the molecule is CCCOc1nc(N)nc(-c2cc3ccccc3o2)n1. The van der Waals surface area contributed by atoms with Crippen molar-refractivity contribution in [3.8, 4) is 17.6 Å². The fraction of sp³-hybridized carbons (Fsp3) is 0.214. The standard InChI is InChI=1S/C14H14N4O2/c1-2-7-19-14-17-12(16-13(15)18-14)11-8-9-5-3-4-6-10(9)20-11/h3-6,8H,2,7H2,1H3,(H2,15,16,17,18). The summed E-state index contributed by atoms with van der Waals surface area (Å²) in [4.78, 5) is 12.3. The molecule has 0 aliphatic heterocycles. The topological polar surface area (TPSA) is 87.1 Å². The Morgan fingerprint density at radius 3 is 2.85 bits per heavy atom. The molecule has 2 N–H and O–H groups in total. The monoisotopic (exact) mass is 270 g/mol. The minimum Gasteiger partial charge on any atom is -0.463 e. The Morgan fingerprint density at radius 2 is 2.05 bits per heavy atom. The van der Waals surface area contributed by atoms with Crippen LogP contribution in [0.2, 0.25) is 0 Å². The molecule has 0 fully saturated rings. The van der Waals surface area contributed by atoms with Gasteiger partial charge in [-0.25, -0.2) is 0 Å². The summed E-state index contributed by atoms with van der Waals surface area (Å²) in [6.45, 7) is 2.54. The Hall–Kier alpha value is -2.63. The maximum atomic E-state index is 5.70. The van der Waals surface area contributed by atoms with E-state index < -0.39 is 0 Å². The Morgan fingerprint density at radius 1 is 1.20 bits per heavy atom. The molecule has 3 aromatic rings. The molecule has 0 saturated carbocycles. The van der Waals surface area contributed by atoms with E-state index in [0.29, 0.717) is 18.2 Å². The molecule has 0 unspecified atom stereocenters. The number of benzene rings is 1. The third-order valence-corrected chi connectivity index (χ3v) is 2.71. The van der Waals surface area contributed by atoms with Crippen molar-refractivity contribution in [1.82, 2.24) is 15.0 Å². The number of hydrogen-bond donors (Lipinski definition) is 1. The van der Waals surface area contributed by atoms with E-state index in [1.807, 2.05) is 37.3 Å². The van der Waals surface area contributed by atoms with Crippen LogP contribution in [0.4, 0.5) is 5.95 Å². The molecule has 0 radical (unpaired) electrons. The summed E-state index contributed by atoms with van der Waals surface area (Å²) in [5, 5.41) is 0.984. The molecule has 0 saturated heterocycles. The van der Waals surface area contributed by atoms with Crippen LogP contribution in [0.15, 0.2) is 34.7 Å². The van der Waals surface area contributed by atoms with Gasteiger partial charge in [-0.1, -0.05) is 25.1 Å². The van der Waals surface area contributed by atoms with Crippen molar-refractivity contribution in [1.29, 1.82) is 0 Å². The molecular weight excluding hydrogens is 256 g/mol. The molecule has 0 spiro atoms. The zero-order chi connectivity index (χ0) is 13.9. The summed E-state index contributed by atoms with van der Waals surface area (Å²) in [7, 11) is 0. The van der Waals surface area contributed by atoms with Gasteiger partial charge in [-0.15, -0.1) is 0 Å². The molecule has 0 bridgehead atoms. The van der Waals surface area contributed by atoms with Gasteiger partial charge < -0.3 is 14.9 Å². The van der Waals surface area contributed by atoms with Gasteiger partial charge in [0.1, 0.15) is 5.58 Å². The number of para-hydroxylation sites is 1. The number of nitrogen functional groups attached to an aromatic ring is 1. The van der Waals surface area contributed by atoms with Crippen LogP contribution >= 0.6 is 0 Å². The largest absolute Gasteiger partial charge is 0.463 e. The summed E-state index contributed by atoms with van der Waals surface area (Å²) in [5.74, 6) is 1.03. The summed E-state index contributed by atoms with van der Waals surface area (Å²) in [5.41, 5.74) is 6.45. The number of rotatable bonds is 4. The lowest BCUT2D eigenvalue weighted by molar-refractivity contribution is 0.292. The molecule has 2 aromatic heterocycles. The van der Waals surface area contributed by atoms with Crippen LogP contribution in [-0.2, 0) is 0 Å². The molecule has 3 rings (SSSR count). The minimum atomic E-state index is 0.113. The Kier molecular flexibility index (Phi) is 3.20. The summed E-state index contributed by atoms with van der Waals surface area (Å²) >= 11 is 0. The lowest BCUT2D eigenvalue weighted by atomic mass is 10.2. The quantitative estimate of drug-likeness (QED) is 0.784. The van der Waals surface area contributed by atoms with Crippen molar-refractivity contribution in [2.75, 3.05) is 12.3 Å². The van der Waals surface area contributed by atoms with Crippen LogP contribution in [-0.4, -0.2) is 21.6 Å². The molecule has 0 amide bonds. The predicted molar refractivity (Wildman–Crippen MR) is 75.2 cm³/mol. The molecule has 0 atom stereocenters. The molecule has 20 heavy (non-hydrogen) atoms. The number of nitrogens with zero attached hydrogens (tertiary/aromatic N) is 3. The van der Waals surface area contributed by atoms with Gasteiger partial charge in [-0.3, -0.25) is 0 Å². The second kappa shape index (κ2) is 5.16. The van der Waals surface area contributed by atoms with Gasteiger partial charge in [0.2, 0.25) is 11.8 Å². The summed E-state index contributed by atoms with van der Waals surface area (Å²) in [6, 6.07) is 9.79. The van der Waals surface area contributed by atoms with E-state index >= 15 is 0 Å². The van der Waals surface area contributed by atoms with Gasteiger partial charge in [-0.2, -0.15) is 15.0 Å². The van der Waals surface area contributed by atoms with E-state index in [9.17, 15) is 0 Å². The van der Waals surface area contributed by atoms with Gasteiger partial charge in [0.25, 0.3) is 0 Å². The maximum Gasteiger partial charge on any atom is 0.321 e. The Labute approximate surface area is 115 Å². The third-order valence-electron chi connectivity index (χ3n) is 2.71. The van der Waals surface area contributed by atoms with Crippen LogP contribution < -0.4 is 10.5 Å². The number of nitrogens with two attached hydrogens (primary N) is 1. The van der Waals surface area contributed by atoms with E-state index in [-0.39, 0.29) is 12.0 Å². The van der Waals surface area contributed by atoms with Gasteiger partial charge in [0.05, 0.1) is 6.61 Å². The molecule has 6 heteroatoms. The highest BCUT2D eigenvalue weighted by Gasteiger charge is 2.12. The maximum absolute atomic E-state index is 5.70. The highest BCUT2D eigenvalue weighted by atomic mass is 16.5. The molecule has 0 aliphatic rings. The van der Waals surface area contributed by atoms with Gasteiger partial charge in [0.15, 0.2) is 5.76 Å².